The lowest BCUT2D eigenvalue weighted by molar-refractivity contribution is 0.217. The maximum atomic E-state index is 5.63. The van der Waals surface area contributed by atoms with Crippen molar-refractivity contribution in [1.29, 1.82) is 0 Å². The van der Waals surface area contributed by atoms with Crippen LogP contribution in [0.15, 0.2) is 59.5 Å². The fourth-order valence-electron chi connectivity index (χ4n) is 1.63. The summed E-state index contributed by atoms with van der Waals surface area (Å²) in [5, 5.41) is 0. The Balaban J connectivity index is 1.70. The monoisotopic (exact) mass is 274 g/mol. The summed E-state index contributed by atoms with van der Waals surface area (Å²) in [4.78, 5) is 1.27. The van der Waals surface area contributed by atoms with Crippen LogP contribution in [0.5, 0.6) is 11.5 Å². The van der Waals surface area contributed by atoms with E-state index in [0.717, 1.165) is 17.3 Å². The van der Waals surface area contributed by atoms with Crippen LogP contribution in [0.1, 0.15) is 6.92 Å². The number of hydrogen-bond donors (Lipinski definition) is 0. The van der Waals surface area contributed by atoms with Gasteiger partial charge in [-0.1, -0.05) is 25.1 Å². The molecule has 0 atom stereocenters. The fourth-order valence-corrected chi connectivity index (χ4v) is 2.30. The highest BCUT2D eigenvalue weighted by Gasteiger charge is 1.96. The molecule has 100 valence electrons. The quantitative estimate of drug-likeness (QED) is 0.555. The second kappa shape index (κ2) is 7.74. The molecule has 0 aliphatic rings. The third-order valence-corrected chi connectivity index (χ3v) is 3.39. The first-order chi connectivity index (χ1) is 9.38. The lowest BCUT2D eigenvalue weighted by atomic mass is 10.3. The van der Waals surface area contributed by atoms with Gasteiger partial charge >= 0.3 is 0 Å². The number of rotatable bonds is 7. The summed E-state index contributed by atoms with van der Waals surface area (Å²) < 4.78 is 11.2. The van der Waals surface area contributed by atoms with Gasteiger partial charge in [-0.25, -0.2) is 0 Å². The Hall–Kier alpha value is -1.61. The maximum absolute atomic E-state index is 5.63. The van der Waals surface area contributed by atoms with E-state index in [2.05, 4.69) is 19.1 Å². The number of hydrogen-bond acceptors (Lipinski definition) is 3. The molecule has 0 heterocycles. The normalized spacial score (nSPS) is 10.2. The van der Waals surface area contributed by atoms with Gasteiger partial charge in [-0.05, 0) is 42.2 Å². The summed E-state index contributed by atoms with van der Waals surface area (Å²) in [6, 6.07) is 17.9. The minimum absolute atomic E-state index is 0.551. The van der Waals surface area contributed by atoms with Crippen molar-refractivity contribution in [2.45, 2.75) is 11.8 Å². The van der Waals surface area contributed by atoms with Crippen molar-refractivity contribution >= 4 is 11.8 Å². The van der Waals surface area contributed by atoms with Crippen molar-refractivity contribution in [3.63, 3.8) is 0 Å². The van der Waals surface area contributed by atoms with E-state index in [1.807, 2.05) is 54.2 Å². The molecule has 2 aromatic rings. The number of benzene rings is 2. The first-order valence-corrected chi connectivity index (χ1v) is 7.40. The summed E-state index contributed by atoms with van der Waals surface area (Å²) in [5.74, 6) is 2.85. The SMILES string of the molecule is CCSc1ccc(OCCOc2ccccc2)cc1. The fraction of sp³-hybridized carbons (Fsp3) is 0.250. The molecule has 0 fully saturated rings. The summed E-state index contributed by atoms with van der Waals surface area (Å²) in [6.45, 7) is 3.25. The molecule has 0 spiro atoms. The molecule has 2 aromatic carbocycles. The van der Waals surface area contributed by atoms with Crippen LogP contribution in [-0.2, 0) is 0 Å². The van der Waals surface area contributed by atoms with Crippen molar-refractivity contribution in [2.24, 2.45) is 0 Å². The van der Waals surface area contributed by atoms with E-state index in [1.54, 1.807) is 0 Å². The van der Waals surface area contributed by atoms with Crippen molar-refractivity contribution in [1.82, 2.24) is 0 Å². The summed E-state index contributed by atoms with van der Waals surface area (Å²) >= 11 is 1.83. The summed E-state index contributed by atoms with van der Waals surface area (Å²) in [7, 11) is 0. The molecule has 0 unspecified atom stereocenters. The predicted octanol–water partition coefficient (Wildman–Crippen LogP) is 4.26. The zero-order valence-electron chi connectivity index (χ0n) is 11.0. The van der Waals surface area contributed by atoms with Gasteiger partial charge in [0.05, 0.1) is 0 Å². The predicted molar refractivity (Wildman–Crippen MR) is 80.3 cm³/mol. The first-order valence-electron chi connectivity index (χ1n) is 6.42. The molecule has 2 nitrogen and oxygen atoms in total. The van der Waals surface area contributed by atoms with E-state index < -0.39 is 0 Å². The molecular weight excluding hydrogens is 256 g/mol. The molecule has 0 aliphatic heterocycles. The third kappa shape index (κ3) is 4.87. The number of ether oxygens (including phenoxy) is 2. The van der Waals surface area contributed by atoms with E-state index in [9.17, 15) is 0 Å². The molecule has 0 saturated heterocycles. The van der Waals surface area contributed by atoms with E-state index >= 15 is 0 Å². The molecule has 0 bridgehead atoms. The van der Waals surface area contributed by atoms with Gasteiger partial charge in [0, 0.05) is 4.90 Å². The van der Waals surface area contributed by atoms with E-state index in [1.165, 1.54) is 4.90 Å². The zero-order chi connectivity index (χ0) is 13.3. The molecule has 0 aliphatic carbocycles. The largest absolute Gasteiger partial charge is 0.490 e. The topological polar surface area (TPSA) is 18.5 Å². The van der Waals surface area contributed by atoms with Crippen molar-refractivity contribution < 1.29 is 9.47 Å². The van der Waals surface area contributed by atoms with Crippen LogP contribution in [-0.4, -0.2) is 19.0 Å². The Morgan fingerprint density at radius 2 is 1.37 bits per heavy atom. The maximum Gasteiger partial charge on any atom is 0.122 e. The van der Waals surface area contributed by atoms with Crippen LogP contribution in [0.2, 0.25) is 0 Å². The van der Waals surface area contributed by atoms with Gasteiger partial charge in [0.25, 0.3) is 0 Å². The highest BCUT2D eigenvalue weighted by atomic mass is 32.2. The average molecular weight is 274 g/mol. The van der Waals surface area contributed by atoms with Crippen LogP contribution in [0.25, 0.3) is 0 Å². The molecule has 0 radical (unpaired) electrons. The minimum atomic E-state index is 0.551. The number of para-hydroxylation sites is 1. The van der Waals surface area contributed by atoms with Crippen LogP contribution < -0.4 is 9.47 Å². The van der Waals surface area contributed by atoms with Gasteiger partial charge in [0.1, 0.15) is 24.7 Å². The van der Waals surface area contributed by atoms with E-state index in [0.29, 0.717) is 13.2 Å². The lowest BCUT2D eigenvalue weighted by Crippen LogP contribution is -2.08. The van der Waals surface area contributed by atoms with E-state index in [-0.39, 0.29) is 0 Å². The third-order valence-electron chi connectivity index (χ3n) is 2.50. The Labute approximate surface area is 118 Å². The standard InChI is InChI=1S/C16H18O2S/c1-2-19-16-10-8-15(9-11-16)18-13-12-17-14-6-4-3-5-7-14/h3-11H,2,12-13H2,1H3. The van der Waals surface area contributed by atoms with Crippen molar-refractivity contribution in [3.8, 4) is 11.5 Å². The van der Waals surface area contributed by atoms with Crippen LogP contribution in [0, 0.1) is 0 Å². The van der Waals surface area contributed by atoms with Gasteiger partial charge in [0.15, 0.2) is 0 Å². The molecule has 0 aromatic heterocycles. The second-order valence-corrected chi connectivity index (χ2v) is 5.25. The van der Waals surface area contributed by atoms with Crippen LogP contribution in [0.4, 0.5) is 0 Å². The Bertz CT molecular complexity index is 468. The van der Waals surface area contributed by atoms with Crippen molar-refractivity contribution in [2.75, 3.05) is 19.0 Å². The molecule has 0 amide bonds. The molecule has 0 N–H and O–H groups in total. The molecule has 3 heteroatoms. The minimum Gasteiger partial charge on any atom is -0.490 e. The highest BCUT2D eigenvalue weighted by molar-refractivity contribution is 7.99. The molecular formula is C16H18O2S. The number of thioether (sulfide) groups is 1. The van der Waals surface area contributed by atoms with Gasteiger partial charge in [-0.3, -0.25) is 0 Å². The zero-order valence-corrected chi connectivity index (χ0v) is 11.9. The first kappa shape index (κ1) is 13.8. The van der Waals surface area contributed by atoms with Gasteiger partial charge < -0.3 is 9.47 Å². The van der Waals surface area contributed by atoms with Gasteiger partial charge in [0.2, 0.25) is 0 Å². The summed E-state index contributed by atoms with van der Waals surface area (Å²) in [5.41, 5.74) is 0. The van der Waals surface area contributed by atoms with Crippen LogP contribution in [0.3, 0.4) is 0 Å². The lowest BCUT2D eigenvalue weighted by Gasteiger charge is -2.08. The van der Waals surface area contributed by atoms with Crippen LogP contribution >= 0.6 is 11.8 Å². The highest BCUT2D eigenvalue weighted by Crippen LogP contribution is 2.20. The molecule has 2 rings (SSSR count). The average Bonchev–Trinajstić information content (AvgIpc) is 2.47. The Morgan fingerprint density at radius 3 is 1.95 bits per heavy atom. The Kier molecular flexibility index (Phi) is 5.63. The summed E-state index contributed by atoms with van der Waals surface area (Å²) in [6.07, 6.45) is 0. The second-order valence-electron chi connectivity index (χ2n) is 3.91. The van der Waals surface area contributed by atoms with Crippen molar-refractivity contribution in [3.05, 3.63) is 54.6 Å². The van der Waals surface area contributed by atoms with Gasteiger partial charge in [-0.2, -0.15) is 0 Å². The molecule has 19 heavy (non-hydrogen) atoms. The smallest absolute Gasteiger partial charge is 0.122 e. The van der Waals surface area contributed by atoms with Gasteiger partial charge in [-0.15, -0.1) is 11.8 Å². The van der Waals surface area contributed by atoms with E-state index in [4.69, 9.17) is 9.47 Å². The molecule has 0 saturated carbocycles. The Morgan fingerprint density at radius 1 is 0.789 bits per heavy atom.